The van der Waals surface area contributed by atoms with Crippen LogP contribution >= 0.6 is 11.6 Å². The average molecular weight is 497 g/mol. The normalized spacial score (nSPS) is 23.0. The third-order valence-corrected chi connectivity index (χ3v) is 7.00. The first-order valence-corrected chi connectivity index (χ1v) is 11.5. The molecular formula is C22H21B3ClF2N3O4. The van der Waals surface area contributed by atoms with E-state index in [2.05, 4.69) is 10.6 Å². The summed E-state index contributed by atoms with van der Waals surface area (Å²) in [5.41, 5.74) is -0.160. The average Bonchev–Trinajstić information content (AvgIpc) is 3.14. The molecule has 2 aromatic carbocycles. The van der Waals surface area contributed by atoms with Crippen LogP contribution in [0.4, 0.5) is 8.78 Å². The van der Waals surface area contributed by atoms with Crippen LogP contribution in [0.15, 0.2) is 42.5 Å². The van der Waals surface area contributed by atoms with Crippen LogP contribution in [0.3, 0.4) is 0 Å². The minimum Gasteiger partial charge on any atom is -0.352 e. The lowest BCUT2D eigenvalue weighted by molar-refractivity contribution is -0.147. The molecule has 0 radical (unpaired) electrons. The zero-order chi connectivity index (χ0) is 25.7. The van der Waals surface area contributed by atoms with Gasteiger partial charge in [0.05, 0.1) is 5.44 Å². The lowest BCUT2D eigenvalue weighted by atomic mass is 9.62. The zero-order valence-electron chi connectivity index (χ0n) is 19.3. The highest BCUT2D eigenvalue weighted by molar-refractivity contribution is 6.36. The fraction of sp³-hybridized carbons (Fsp3) is 0.273. The van der Waals surface area contributed by atoms with Crippen molar-refractivity contribution in [2.24, 2.45) is 0 Å². The molecule has 2 aromatic rings. The topological polar surface area (TPSA) is 95.6 Å². The Morgan fingerprint density at radius 2 is 1.86 bits per heavy atom. The molecule has 2 aliphatic heterocycles. The molecule has 4 amide bonds. The molecule has 35 heavy (non-hydrogen) atoms. The number of carbonyl (C=O) groups is 4. The number of nitrogens with zero attached hydrogens (tertiary/aromatic N) is 1. The summed E-state index contributed by atoms with van der Waals surface area (Å²) in [5, 5.41) is 4.94. The molecule has 3 atom stereocenters. The summed E-state index contributed by atoms with van der Waals surface area (Å²) >= 11 is 5.74. The number of benzene rings is 2. The Balaban J connectivity index is 1.52. The maximum Gasteiger partial charge on any atom is 0.349 e. The number of hydrogen-bond donors (Lipinski definition) is 2. The number of rotatable bonds is 5. The van der Waals surface area contributed by atoms with E-state index in [0.717, 1.165) is 12.1 Å². The molecule has 2 heterocycles. The van der Waals surface area contributed by atoms with E-state index in [1.54, 1.807) is 41.7 Å². The largest absolute Gasteiger partial charge is 0.352 e. The van der Waals surface area contributed by atoms with E-state index in [4.69, 9.17) is 11.6 Å². The highest BCUT2D eigenvalue weighted by Gasteiger charge is 2.50. The van der Waals surface area contributed by atoms with Gasteiger partial charge in [-0.05, 0) is 35.7 Å². The maximum absolute atomic E-state index is 14.7. The molecular weight excluding hydrogens is 476 g/mol. The summed E-state index contributed by atoms with van der Waals surface area (Å²) in [6.07, 6.45) is 0.191. The molecule has 0 bridgehead atoms. The predicted octanol–water partition coefficient (Wildman–Crippen LogP) is -0.367. The minimum absolute atomic E-state index is 0.119. The van der Waals surface area contributed by atoms with Gasteiger partial charge >= 0.3 is 5.92 Å². The van der Waals surface area contributed by atoms with Crippen molar-refractivity contribution in [2.75, 3.05) is 0 Å². The SMILES string of the molecule is BC1CC(B)(N2Cc3cc(C(B)NC(=O)C(F)(F)c4ccc(Cl)cc4)ccc3C2=O)C(=O)NC1=O. The molecule has 0 aromatic heterocycles. The van der Waals surface area contributed by atoms with E-state index >= 15 is 0 Å². The smallest absolute Gasteiger partial charge is 0.349 e. The Morgan fingerprint density at radius 1 is 1.20 bits per heavy atom. The molecule has 0 spiro atoms. The van der Waals surface area contributed by atoms with Gasteiger partial charge < -0.3 is 10.2 Å². The Kier molecular flexibility index (Phi) is 6.29. The second-order valence-electron chi connectivity index (χ2n) is 9.28. The highest BCUT2D eigenvalue weighted by atomic mass is 35.5. The third-order valence-electron chi connectivity index (χ3n) is 6.75. The maximum atomic E-state index is 14.7. The molecule has 2 N–H and O–H groups in total. The molecule has 0 aliphatic carbocycles. The summed E-state index contributed by atoms with van der Waals surface area (Å²) in [5.74, 6) is -7.71. The first kappa shape index (κ1) is 25.0. The first-order valence-electron chi connectivity index (χ1n) is 11.1. The van der Waals surface area contributed by atoms with Gasteiger partial charge in [-0.3, -0.25) is 24.5 Å². The summed E-state index contributed by atoms with van der Waals surface area (Å²) in [4.78, 5) is 51.4. The van der Waals surface area contributed by atoms with Gasteiger partial charge in [0.1, 0.15) is 23.5 Å². The second kappa shape index (κ2) is 8.82. The van der Waals surface area contributed by atoms with Crippen molar-refractivity contribution >= 4 is 58.8 Å². The van der Waals surface area contributed by atoms with Gasteiger partial charge in [-0.15, -0.1) is 0 Å². The van der Waals surface area contributed by atoms with Crippen LogP contribution in [-0.2, 0) is 26.9 Å². The third kappa shape index (κ3) is 4.35. The minimum atomic E-state index is -3.76. The van der Waals surface area contributed by atoms with Crippen LogP contribution in [0, 0.1) is 0 Å². The van der Waals surface area contributed by atoms with Gasteiger partial charge in [0.2, 0.25) is 11.8 Å². The lowest BCUT2D eigenvalue weighted by Crippen LogP contribution is -2.64. The number of hydrogen-bond acceptors (Lipinski definition) is 4. The number of alkyl halides is 2. The predicted molar refractivity (Wildman–Crippen MR) is 132 cm³/mol. The van der Waals surface area contributed by atoms with Crippen molar-refractivity contribution < 1.29 is 28.0 Å². The van der Waals surface area contributed by atoms with Gasteiger partial charge in [0, 0.05) is 34.5 Å². The molecule has 0 saturated carbocycles. The van der Waals surface area contributed by atoms with Crippen LogP contribution in [0.2, 0.25) is 10.8 Å². The van der Waals surface area contributed by atoms with Crippen LogP contribution < -0.4 is 10.6 Å². The van der Waals surface area contributed by atoms with Crippen LogP contribution in [0.1, 0.15) is 39.4 Å². The highest BCUT2D eigenvalue weighted by Crippen LogP contribution is 2.36. The summed E-state index contributed by atoms with van der Waals surface area (Å²) in [6, 6.07) is 9.57. The number of fused-ring (bicyclic) bond motifs is 1. The van der Waals surface area contributed by atoms with Crippen molar-refractivity contribution in [1.29, 1.82) is 0 Å². The van der Waals surface area contributed by atoms with Crippen molar-refractivity contribution in [2.45, 2.75) is 36.1 Å². The van der Waals surface area contributed by atoms with E-state index < -0.39 is 40.5 Å². The first-order chi connectivity index (χ1) is 16.3. The molecule has 2 aliphatic rings. The van der Waals surface area contributed by atoms with E-state index in [1.807, 2.05) is 0 Å². The monoisotopic (exact) mass is 497 g/mol. The Morgan fingerprint density at radius 3 is 2.51 bits per heavy atom. The summed E-state index contributed by atoms with van der Waals surface area (Å²) in [6.45, 7) is 0.119. The van der Waals surface area contributed by atoms with E-state index in [0.29, 0.717) is 16.7 Å². The standard InChI is InChI=1S/C22H21B3ClF2N3O4/c23-15-8-21(25,19(34)30-17(15)32)31-9-11-7-10(1-6-14(11)18(31)33)16(24)29-20(35)22(27,28)12-2-4-13(26)5-3-12/h1-7,15-16H,8-9,23-25H2,(H,29,35)(H,30,32,34). The molecule has 178 valence electrons. The van der Waals surface area contributed by atoms with Crippen molar-refractivity contribution in [3.63, 3.8) is 0 Å². The van der Waals surface area contributed by atoms with Gasteiger partial charge in [-0.1, -0.05) is 35.9 Å². The van der Waals surface area contributed by atoms with E-state index in [9.17, 15) is 28.0 Å². The van der Waals surface area contributed by atoms with Crippen LogP contribution in [0.25, 0.3) is 0 Å². The second-order valence-corrected chi connectivity index (χ2v) is 9.72. The lowest BCUT2D eigenvalue weighted by Gasteiger charge is -2.42. The quantitative estimate of drug-likeness (QED) is 0.436. The Hall–Kier alpha value is -3.14. The number of carbonyl (C=O) groups excluding carboxylic acids is 4. The fourth-order valence-electron chi connectivity index (χ4n) is 4.55. The van der Waals surface area contributed by atoms with Gasteiger partial charge in [0.15, 0.2) is 0 Å². The van der Waals surface area contributed by atoms with E-state index in [1.165, 1.54) is 17.0 Å². The summed E-state index contributed by atoms with van der Waals surface area (Å²) in [7, 11) is 4.88. The van der Waals surface area contributed by atoms with Crippen LogP contribution in [-0.4, -0.2) is 57.5 Å². The number of nitrogens with one attached hydrogen (secondary N) is 2. The molecule has 3 unspecified atom stereocenters. The number of amides is 4. The molecule has 1 fully saturated rings. The van der Waals surface area contributed by atoms with Crippen molar-refractivity contribution in [3.05, 3.63) is 69.7 Å². The Bertz CT molecular complexity index is 1250. The molecule has 1 saturated heterocycles. The van der Waals surface area contributed by atoms with Crippen molar-refractivity contribution in [1.82, 2.24) is 15.5 Å². The number of halogens is 3. The zero-order valence-corrected chi connectivity index (χ0v) is 20.1. The molecule has 7 nitrogen and oxygen atoms in total. The van der Waals surface area contributed by atoms with Gasteiger partial charge in [-0.25, -0.2) is 0 Å². The van der Waals surface area contributed by atoms with Gasteiger partial charge in [-0.2, -0.15) is 8.78 Å². The molecule has 4 rings (SSSR count). The molecule has 13 heteroatoms. The fourth-order valence-corrected chi connectivity index (χ4v) is 4.68. The number of imide groups is 1. The van der Waals surface area contributed by atoms with Gasteiger partial charge in [0.25, 0.3) is 11.8 Å². The van der Waals surface area contributed by atoms with E-state index in [-0.39, 0.29) is 29.8 Å². The summed E-state index contributed by atoms with van der Waals surface area (Å²) < 4.78 is 29.3. The Labute approximate surface area is 208 Å². The van der Waals surface area contributed by atoms with Crippen LogP contribution in [0.5, 0.6) is 0 Å². The van der Waals surface area contributed by atoms with Crippen molar-refractivity contribution in [3.8, 4) is 0 Å². The number of piperidine rings is 1.